The normalized spacial score (nSPS) is 10.4. The number of methoxy groups -OCH3 is 1. The lowest BCUT2D eigenvalue weighted by molar-refractivity contribution is 0.415. The van der Waals surface area contributed by atoms with Crippen molar-refractivity contribution in [3.8, 4) is 11.5 Å². The van der Waals surface area contributed by atoms with E-state index in [9.17, 15) is 5.11 Å². The van der Waals surface area contributed by atoms with E-state index in [-0.39, 0.29) is 5.75 Å². The van der Waals surface area contributed by atoms with E-state index in [2.05, 4.69) is 5.32 Å². The summed E-state index contributed by atoms with van der Waals surface area (Å²) >= 11 is 17.7. The van der Waals surface area contributed by atoms with Gasteiger partial charge in [0.25, 0.3) is 0 Å². The molecule has 3 aromatic carbocycles. The van der Waals surface area contributed by atoms with Crippen molar-refractivity contribution in [1.82, 2.24) is 0 Å². The summed E-state index contributed by atoms with van der Waals surface area (Å²) in [4.78, 5) is 1.88. The number of phenolic OH excluding ortho intramolecular Hbond substituents is 1. The highest BCUT2D eigenvalue weighted by atomic mass is 35.5. The quantitative estimate of drug-likeness (QED) is 0.476. The number of aromatic hydroxyl groups is 1. The first kappa shape index (κ1) is 20.3. The number of nitrogens with one attached hydrogen (secondary N) is 1. The number of rotatable bonds is 5. The number of thiocarbonyl (C=S) groups is 1. The average Bonchev–Trinajstić information content (AvgIpc) is 2.70. The molecule has 0 heterocycles. The molecule has 0 saturated carbocycles. The first-order valence-electron chi connectivity index (χ1n) is 8.42. The summed E-state index contributed by atoms with van der Waals surface area (Å²) in [5.74, 6) is 0.952. The minimum absolute atomic E-state index is 0.207. The van der Waals surface area contributed by atoms with Crippen LogP contribution in [0.4, 0.5) is 11.4 Å². The Kier molecular flexibility index (Phi) is 6.62. The topological polar surface area (TPSA) is 44.7 Å². The van der Waals surface area contributed by atoms with Crippen LogP contribution in [-0.2, 0) is 6.54 Å². The van der Waals surface area contributed by atoms with Gasteiger partial charge in [0, 0.05) is 16.9 Å². The zero-order valence-corrected chi connectivity index (χ0v) is 17.4. The van der Waals surface area contributed by atoms with Crippen LogP contribution < -0.4 is 15.0 Å². The molecule has 0 aliphatic rings. The molecule has 2 N–H and O–H groups in total. The van der Waals surface area contributed by atoms with Gasteiger partial charge in [-0.3, -0.25) is 0 Å². The predicted molar refractivity (Wildman–Crippen MR) is 120 cm³/mol. The van der Waals surface area contributed by atoms with Gasteiger partial charge < -0.3 is 20.1 Å². The molecule has 0 amide bonds. The molecule has 3 aromatic rings. The van der Waals surface area contributed by atoms with Crippen molar-refractivity contribution in [3.05, 3.63) is 82.3 Å². The molecule has 0 saturated heterocycles. The van der Waals surface area contributed by atoms with Gasteiger partial charge in [0.05, 0.1) is 23.7 Å². The maximum absolute atomic E-state index is 10.2. The van der Waals surface area contributed by atoms with E-state index in [1.807, 2.05) is 41.3 Å². The van der Waals surface area contributed by atoms with Crippen molar-refractivity contribution in [2.45, 2.75) is 6.54 Å². The van der Waals surface area contributed by atoms with E-state index in [1.165, 1.54) is 0 Å². The van der Waals surface area contributed by atoms with E-state index in [0.29, 0.717) is 21.7 Å². The van der Waals surface area contributed by atoms with Crippen molar-refractivity contribution >= 4 is 51.9 Å². The first-order chi connectivity index (χ1) is 13.5. The summed E-state index contributed by atoms with van der Waals surface area (Å²) in [5.41, 5.74) is 2.31. The fourth-order valence-corrected chi connectivity index (χ4v) is 3.21. The maximum atomic E-state index is 10.2. The summed E-state index contributed by atoms with van der Waals surface area (Å²) in [6.07, 6.45) is 0. The summed E-state index contributed by atoms with van der Waals surface area (Å²) in [7, 11) is 1.62. The molecule has 144 valence electrons. The van der Waals surface area contributed by atoms with E-state index in [0.717, 1.165) is 22.7 Å². The van der Waals surface area contributed by atoms with Crippen molar-refractivity contribution in [3.63, 3.8) is 0 Å². The van der Waals surface area contributed by atoms with Gasteiger partial charge in [-0.2, -0.15) is 0 Å². The number of hydrogen-bond donors (Lipinski definition) is 2. The van der Waals surface area contributed by atoms with Gasteiger partial charge in [-0.15, -0.1) is 0 Å². The summed E-state index contributed by atoms with van der Waals surface area (Å²) in [6.45, 7) is 0.381. The van der Waals surface area contributed by atoms with E-state index in [1.54, 1.807) is 37.4 Å². The number of anilines is 2. The number of ether oxygens (including phenoxy) is 1. The Morgan fingerprint density at radius 3 is 2.39 bits per heavy atom. The number of halogens is 2. The van der Waals surface area contributed by atoms with Crippen LogP contribution in [0.3, 0.4) is 0 Å². The van der Waals surface area contributed by atoms with Crippen LogP contribution in [0.25, 0.3) is 0 Å². The maximum Gasteiger partial charge on any atom is 0.178 e. The third-order valence-corrected chi connectivity index (χ3v) is 5.18. The molecule has 0 atom stereocenters. The molecule has 0 radical (unpaired) electrons. The van der Waals surface area contributed by atoms with E-state index in [4.69, 9.17) is 40.2 Å². The molecule has 28 heavy (non-hydrogen) atoms. The van der Waals surface area contributed by atoms with Crippen LogP contribution >= 0.6 is 35.4 Å². The number of para-hydroxylation sites is 1. The Hall–Kier alpha value is -2.47. The summed E-state index contributed by atoms with van der Waals surface area (Å²) in [6, 6.07) is 19.9. The molecule has 0 aromatic heterocycles. The van der Waals surface area contributed by atoms with Crippen molar-refractivity contribution in [2.24, 2.45) is 0 Å². The highest BCUT2D eigenvalue weighted by Crippen LogP contribution is 2.28. The molecule has 0 fully saturated rings. The average molecular weight is 433 g/mol. The van der Waals surface area contributed by atoms with Gasteiger partial charge in [0.2, 0.25) is 0 Å². The number of benzene rings is 3. The van der Waals surface area contributed by atoms with E-state index < -0.39 is 0 Å². The lowest BCUT2D eigenvalue weighted by Gasteiger charge is -2.27. The fraction of sp³-hybridized carbons (Fsp3) is 0.0952. The molecule has 0 aliphatic heterocycles. The minimum atomic E-state index is 0.207. The Balaban J connectivity index is 1.90. The summed E-state index contributed by atoms with van der Waals surface area (Å²) < 4.78 is 5.23. The molecule has 3 rings (SSSR count). The van der Waals surface area contributed by atoms with Crippen molar-refractivity contribution in [1.29, 1.82) is 0 Å². The highest BCUT2D eigenvalue weighted by molar-refractivity contribution is 7.80. The Bertz CT molecular complexity index is 980. The largest absolute Gasteiger partial charge is 0.508 e. The van der Waals surface area contributed by atoms with Gasteiger partial charge in [0.1, 0.15) is 11.5 Å². The fourth-order valence-electron chi connectivity index (χ4n) is 2.62. The smallest absolute Gasteiger partial charge is 0.178 e. The zero-order valence-electron chi connectivity index (χ0n) is 15.0. The molecule has 0 bridgehead atoms. The predicted octanol–water partition coefficient (Wildman–Crippen LogP) is 6.11. The summed E-state index contributed by atoms with van der Waals surface area (Å²) in [5, 5.41) is 14.7. The van der Waals surface area contributed by atoms with Gasteiger partial charge in [-0.05, 0) is 60.7 Å². The van der Waals surface area contributed by atoms with Crippen molar-refractivity contribution in [2.75, 3.05) is 17.3 Å². The van der Waals surface area contributed by atoms with E-state index >= 15 is 0 Å². The van der Waals surface area contributed by atoms with Crippen LogP contribution in [0.5, 0.6) is 11.5 Å². The SMILES string of the molecule is COc1ccc(N(Cc2ccccc2O)C(=S)Nc2ccc(Cl)c(Cl)c2)cc1. The van der Waals surface area contributed by atoms with Crippen LogP contribution in [0.15, 0.2) is 66.7 Å². The Labute approximate surface area is 179 Å². The van der Waals surface area contributed by atoms with Gasteiger partial charge in [-0.1, -0.05) is 41.4 Å². The van der Waals surface area contributed by atoms with Crippen molar-refractivity contribution < 1.29 is 9.84 Å². The highest BCUT2D eigenvalue weighted by Gasteiger charge is 2.16. The van der Waals surface area contributed by atoms with Crippen LogP contribution in [0.1, 0.15) is 5.56 Å². The molecular formula is C21H18Cl2N2O2S. The van der Waals surface area contributed by atoms with Crippen LogP contribution in [0.2, 0.25) is 10.0 Å². The standard InChI is InChI=1S/C21H18Cl2N2O2S/c1-27-17-9-7-16(8-10-17)25(13-14-4-2-3-5-20(14)26)21(28)24-15-6-11-18(22)19(23)12-15/h2-12,26H,13H2,1H3,(H,24,28). The second-order valence-corrected chi connectivity index (χ2v) is 7.17. The van der Waals surface area contributed by atoms with Gasteiger partial charge in [-0.25, -0.2) is 0 Å². The molecule has 4 nitrogen and oxygen atoms in total. The first-order valence-corrected chi connectivity index (χ1v) is 9.59. The molecule has 0 unspecified atom stereocenters. The number of phenols is 1. The second kappa shape index (κ2) is 9.15. The Morgan fingerprint density at radius 2 is 1.75 bits per heavy atom. The molecule has 0 spiro atoms. The Morgan fingerprint density at radius 1 is 1.04 bits per heavy atom. The minimum Gasteiger partial charge on any atom is -0.508 e. The monoisotopic (exact) mass is 432 g/mol. The number of hydrogen-bond acceptors (Lipinski definition) is 3. The molecule has 0 aliphatic carbocycles. The lowest BCUT2D eigenvalue weighted by Crippen LogP contribution is -2.34. The third-order valence-electron chi connectivity index (χ3n) is 4.12. The lowest BCUT2D eigenvalue weighted by atomic mass is 10.1. The van der Waals surface area contributed by atoms with Gasteiger partial charge >= 0.3 is 0 Å². The van der Waals surface area contributed by atoms with Crippen LogP contribution in [-0.4, -0.2) is 17.3 Å². The number of nitrogens with zero attached hydrogens (tertiary/aromatic N) is 1. The zero-order chi connectivity index (χ0) is 20.1. The van der Waals surface area contributed by atoms with Gasteiger partial charge in [0.15, 0.2) is 5.11 Å². The second-order valence-electron chi connectivity index (χ2n) is 5.97. The third kappa shape index (κ3) is 4.87. The molecular weight excluding hydrogens is 415 g/mol. The molecule has 7 heteroatoms. The van der Waals surface area contributed by atoms with Crippen LogP contribution in [0, 0.1) is 0 Å².